The third-order valence-corrected chi connectivity index (χ3v) is 1.07. The van der Waals surface area contributed by atoms with Crippen LogP contribution in [-0.2, 0) is 5.11 Å². The van der Waals surface area contributed by atoms with Crippen molar-refractivity contribution in [3.05, 3.63) is 23.4 Å². The maximum absolute atomic E-state index is 10.6. The molecule has 0 aliphatic heterocycles. The van der Waals surface area contributed by atoms with Crippen molar-refractivity contribution in [2.45, 2.75) is 13.8 Å². The molecule has 0 aliphatic rings. The van der Waals surface area contributed by atoms with E-state index in [0.29, 0.717) is 0 Å². The van der Waals surface area contributed by atoms with Crippen molar-refractivity contribution < 1.29 is 5.11 Å². The first-order chi connectivity index (χ1) is 4.18. The molecule has 9 heavy (non-hydrogen) atoms. The molecule has 0 aromatic carbocycles. The average Bonchev–Trinajstić information content (AvgIpc) is 1.59. The van der Waals surface area contributed by atoms with Gasteiger partial charge in [0.2, 0.25) is 0 Å². The molecule has 2 heteroatoms. The SMILES string of the molecule is Cc1cc(C)nc([O])c1. The zero-order valence-corrected chi connectivity index (χ0v) is 5.51. The summed E-state index contributed by atoms with van der Waals surface area (Å²) in [6.07, 6.45) is 0. The van der Waals surface area contributed by atoms with Crippen LogP contribution in [0.15, 0.2) is 12.1 Å². The fraction of sp³-hybridized carbons (Fsp3) is 0.286. The van der Waals surface area contributed by atoms with Gasteiger partial charge in [0.05, 0.1) is 0 Å². The number of aryl methyl sites for hydroxylation is 2. The number of nitrogens with zero attached hydrogens (tertiary/aromatic N) is 1. The van der Waals surface area contributed by atoms with Crippen molar-refractivity contribution in [3.63, 3.8) is 0 Å². The van der Waals surface area contributed by atoms with E-state index < -0.39 is 0 Å². The normalized spacial score (nSPS) is 9.56. The number of aromatic nitrogens is 1. The molecule has 1 rings (SSSR count). The molecule has 1 heterocycles. The summed E-state index contributed by atoms with van der Waals surface area (Å²) in [5.74, 6) is -0.146. The van der Waals surface area contributed by atoms with Gasteiger partial charge < -0.3 is 0 Å². The molecule has 0 saturated heterocycles. The maximum atomic E-state index is 10.6. The van der Waals surface area contributed by atoms with Crippen molar-refractivity contribution in [1.82, 2.24) is 4.98 Å². The molecule has 0 saturated carbocycles. The van der Waals surface area contributed by atoms with E-state index >= 15 is 0 Å². The largest absolute Gasteiger partial charge is 0.270 e. The van der Waals surface area contributed by atoms with Gasteiger partial charge in [0.1, 0.15) is 0 Å². The number of pyridine rings is 1. The van der Waals surface area contributed by atoms with E-state index in [2.05, 4.69) is 4.98 Å². The minimum Gasteiger partial charge on any atom is -0.267 e. The van der Waals surface area contributed by atoms with Gasteiger partial charge in [-0.1, -0.05) is 0 Å². The van der Waals surface area contributed by atoms with Crippen LogP contribution in [0.5, 0.6) is 5.88 Å². The molecule has 0 spiro atoms. The standard InChI is InChI=1S/C7H8NO/c1-5-3-6(2)8-7(9)4-5/h3-4H,1-2H3. The summed E-state index contributed by atoms with van der Waals surface area (Å²) in [7, 11) is 0. The van der Waals surface area contributed by atoms with Crippen molar-refractivity contribution in [2.24, 2.45) is 0 Å². The Labute approximate surface area is 54.2 Å². The van der Waals surface area contributed by atoms with E-state index in [1.54, 1.807) is 0 Å². The molecule has 0 amide bonds. The number of hydrogen-bond donors (Lipinski definition) is 0. The monoisotopic (exact) mass is 122 g/mol. The molecule has 2 nitrogen and oxygen atoms in total. The lowest BCUT2D eigenvalue weighted by Crippen LogP contribution is -1.80. The molecule has 1 aromatic heterocycles. The van der Waals surface area contributed by atoms with E-state index in [-0.39, 0.29) is 5.88 Å². The summed E-state index contributed by atoms with van der Waals surface area (Å²) in [4.78, 5) is 3.68. The highest BCUT2D eigenvalue weighted by Gasteiger charge is 1.93. The highest BCUT2D eigenvalue weighted by atomic mass is 16.3. The van der Waals surface area contributed by atoms with Crippen LogP contribution in [0.2, 0.25) is 0 Å². The first-order valence-corrected chi connectivity index (χ1v) is 2.81. The van der Waals surface area contributed by atoms with Gasteiger partial charge in [-0.2, -0.15) is 0 Å². The van der Waals surface area contributed by atoms with Crippen LogP contribution < -0.4 is 0 Å². The first-order valence-electron chi connectivity index (χ1n) is 2.81. The summed E-state index contributed by atoms with van der Waals surface area (Å²) in [5, 5.41) is 10.6. The van der Waals surface area contributed by atoms with Crippen LogP contribution in [0.3, 0.4) is 0 Å². The topological polar surface area (TPSA) is 32.8 Å². The Morgan fingerprint density at radius 1 is 1.33 bits per heavy atom. The quantitative estimate of drug-likeness (QED) is 0.516. The van der Waals surface area contributed by atoms with Gasteiger partial charge in [-0.05, 0) is 25.5 Å². The van der Waals surface area contributed by atoms with Gasteiger partial charge in [-0.3, -0.25) is 5.11 Å². The highest BCUT2D eigenvalue weighted by molar-refractivity contribution is 5.21. The van der Waals surface area contributed by atoms with Gasteiger partial charge >= 0.3 is 0 Å². The Bertz CT molecular complexity index is 170. The molecule has 1 aromatic rings. The van der Waals surface area contributed by atoms with Gasteiger partial charge in [0.25, 0.3) is 5.88 Å². The number of hydrogen-bond acceptors (Lipinski definition) is 1. The van der Waals surface area contributed by atoms with Crippen molar-refractivity contribution >= 4 is 0 Å². The van der Waals surface area contributed by atoms with E-state index in [4.69, 9.17) is 0 Å². The van der Waals surface area contributed by atoms with Crippen LogP contribution in [0.4, 0.5) is 0 Å². The Kier molecular flexibility index (Phi) is 1.39. The Hall–Kier alpha value is -1.05. The van der Waals surface area contributed by atoms with Gasteiger partial charge in [0, 0.05) is 11.8 Å². The van der Waals surface area contributed by atoms with Gasteiger partial charge in [-0.15, -0.1) is 0 Å². The minimum absolute atomic E-state index is 0.146. The molecular weight excluding hydrogens is 114 g/mol. The van der Waals surface area contributed by atoms with Crippen molar-refractivity contribution in [3.8, 4) is 5.88 Å². The van der Waals surface area contributed by atoms with Crippen molar-refractivity contribution in [1.29, 1.82) is 0 Å². The molecule has 0 N–H and O–H groups in total. The minimum atomic E-state index is -0.146. The lowest BCUT2D eigenvalue weighted by Gasteiger charge is -1.92. The zero-order chi connectivity index (χ0) is 6.85. The van der Waals surface area contributed by atoms with E-state index in [1.165, 1.54) is 6.07 Å². The van der Waals surface area contributed by atoms with Crippen LogP contribution in [0, 0.1) is 13.8 Å². The van der Waals surface area contributed by atoms with Gasteiger partial charge in [0.15, 0.2) is 0 Å². The Morgan fingerprint density at radius 2 is 2.00 bits per heavy atom. The third-order valence-electron chi connectivity index (χ3n) is 1.07. The lowest BCUT2D eigenvalue weighted by molar-refractivity contribution is 0.336. The molecule has 47 valence electrons. The van der Waals surface area contributed by atoms with Crippen molar-refractivity contribution in [2.75, 3.05) is 0 Å². The highest BCUT2D eigenvalue weighted by Crippen LogP contribution is 2.08. The van der Waals surface area contributed by atoms with Crippen LogP contribution >= 0.6 is 0 Å². The summed E-state index contributed by atoms with van der Waals surface area (Å²) in [6.45, 7) is 3.70. The fourth-order valence-corrected chi connectivity index (χ4v) is 0.804. The first kappa shape index (κ1) is 6.08. The fourth-order valence-electron chi connectivity index (χ4n) is 0.804. The smallest absolute Gasteiger partial charge is 0.267 e. The molecule has 0 atom stereocenters. The predicted octanol–water partition coefficient (Wildman–Crippen LogP) is 1.84. The molecular formula is C7H8NO. The Balaban J connectivity index is 3.17. The summed E-state index contributed by atoms with van der Waals surface area (Å²) >= 11 is 0. The summed E-state index contributed by atoms with van der Waals surface area (Å²) < 4.78 is 0. The summed E-state index contributed by atoms with van der Waals surface area (Å²) in [6, 6.07) is 3.40. The number of rotatable bonds is 0. The van der Waals surface area contributed by atoms with E-state index in [0.717, 1.165) is 11.3 Å². The third kappa shape index (κ3) is 1.42. The second-order valence-corrected chi connectivity index (χ2v) is 2.12. The van der Waals surface area contributed by atoms with Crippen LogP contribution in [-0.4, -0.2) is 4.98 Å². The lowest BCUT2D eigenvalue weighted by atomic mass is 10.2. The maximum Gasteiger partial charge on any atom is 0.270 e. The molecule has 0 unspecified atom stereocenters. The Morgan fingerprint density at radius 3 is 2.44 bits per heavy atom. The zero-order valence-electron chi connectivity index (χ0n) is 5.51. The van der Waals surface area contributed by atoms with E-state index in [9.17, 15) is 5.11 Å². The molecule has 0 aliphatic carbocycles. The van der Waals surface area contributed by atoms with Gasteiger partial charge in [-0.25, -0.2) is 4.98 Å². The predicted molar refractivity (Wildman–Crippen MR) is 33.8 cm³/mol. The summed E-state index contributed by atoms with van der Waals surface area (Å²) in [5.41, 5.74) is 1.77. The molecule has 0 bridgehead atoms. The molecule has 1 radical (unpaired) electrons. The van der Waals surface area contributed by atoms with Crippen LogP contribution in [0.25, 0.3) is 0 Å². The second kappa shape index (κ2) is 2.05. The molecule has 0 fully saturated rings. The van der Waals surface area contributed by atoms with E-state index in [1.807, 2.05) is 19.9 Å². The van der Waals surface area contributed by atoms with Crippen LogP contribution in [0.1, 0.15) is 11.3 Å². The average molecular weight is 122 g/mol. The second-order valence-electron chi connectivity index (χ2n) is 2.12.